The number of H-pyrrole nitrogens is 1. The quantitative estimate of drug-likeness (QED) is 0.340. The zero-order chi connectivity index (χ0) is 23.2. The van der Waals surface area contributed by atoms with Crippen LogP contribution in [0.2, 0.25) is 0 Å². The lowest BCUT2D eigenvalue weighted by atomic mass is 10.1. The fourth-order valence-electron chi connectivity index (χ4n) is 4.82. The Labute approximate surface area is 213 Å². The van der Waals surface area contributed by atoms with Crippen molar-refractivity contribution < 1.29 is 31.1 Å². The standard InChI is InChI=1S/C29H23N3O2.BrH/c1-2-3-6-18-9-12-20(13-10-18)30-29(34)19-11-14-24-23(17-19)21-15-16-32-25-8-5-4-7-22(25)28(33)27(32)26(21)31-24;/h4-5,7-17H,2-3,6H2,1H3,(H,30,34);1H. The number of nitrogens with one attached hydrogen (secondary N) is 2. The first-order valence-electron chi connectivity index (χ1n) is 11.7. The number of amides is 1. The summed E-state index contributed by atoms with van der Waals surface area (Å²) in [7, 11) is 0. The zero-order valence-electron chi connectivity index (χ0n) is 19.3. The van der Waals surface area contributed by atoms with Gasteiger partial charge in [0.15, 0.2) is 6.20 Å². The van der Waals surface area contributed by atoms with Crippen LogP contribution in [0.3, 0.4) is 0 Å². The van der Waals surface area contributed by atoms with Crippen LogP contribution in [0.15, 0.2) is 79.0 Å². The molecule has 6 heteroatoms. The molecule has 1 aliphatic heterocycles. The highest BCUT2D eigenvalue weighted by Crippen LogP contribution is 2.31. The van der Waals surface area contributed by atoms with Crippen LogP contribution < -0.4 is 26.9 Å². The molecule has 0 spiro atoms. The lowest BCUT2D eigenvalue weighted by molar-refractivity contribution is -0.592. The van der Waals surface area contributed by atoms with Crippen molar-refractivity contribution in [2.45, 2.75) is 26.2 Å². The second-order valence-electron chi connectivity index (χ2n) is 8.81. The van der Waals surface area contributed by atoms with E-state index in [1.54, 1.807) is 0 Å². The summed E-state index contributed by atoms with van der Waals surface area (Å²) in [4.78, 5) is 29.5. The van der Waals surface area contributed by atoms with Gasteiger partial charge in [-0.3, -0.25) is 9.59 Å². The molecule has 5 nitrogen and oxygen atoms in total. The number of benzene rings is 3. The molecule has 0 saturated carbocycles. The maximum atomic E-state index is 13.1. The number of hydrogen-bond donors (Lipinski definition) is 2. The van der Waals surface area contributed by atoms with Crippen LogP contribution in [0.5, 0.6) is 0 Å². The minimum absolute atomic E-state index is 0. The van der Waals surface area contributed by atoms with Crippen molar-refractivity contribution in [1.29, 1.82) is 0 Å². The summed E-state index contributed by atoms with van der Waals surface area (Å²) in [5, 5.41) is 4.85. The molecule has 5 aromatic rings. The second-order valence-corrected chi connectivity index (χ2v) is 8.81. The number of aryl methyl sites for hydroxylation is 1. The Bertz CT molecular complexity index is 1600. The second kappa shape index (κ2) is 9.12. The number of aromatic amines is 1. The van der Waals surface area contributed by atoms with Gasteiger partial charge in [0.2, 0.25) is 5.69 Å². The highest BCUT2D eigenvalue weighted by molar-refractivity contribution is 6.21. The molecule has 0 atom stereocenters. The third-order valence-electron chi connectivity index (χ3n) is 6.62. The molecule has 1 aliphatic rings. The molecule has 2 N–H and O–H groups in total. The highest BCUT2D eigenvalue weighted by Gasteiger charge is 2.38. The van der Waals surface area contributed by atoms with E-state index < -0.39 is 0 Å². The Morgan fingerprint density at radius 2 is 1.77 bits per heavy atom. The van der Waals surface area contributed by atoms with E-state index in [-0.39, 0.29) is 28.7 Å². The average Bonchev–Trinajstić information content (AvgIpc) is 3.38. The Balaban J connectivity index is 0.00000253. The molecule has 174 valence electrons. The Morgan fingerprint density at radius 1 is 0.971 bits per heavy atom. The van der Waals surface area contributed by atoms with Gasteiger partial charge in [-0.15, -0.1) is 0 Å². The lowest BCUT2D eigenvalue weighted by Crippen LogP contribution is -3.00. The molecule has 0 radical (unpaired) electrons. The van der Waals surface area contributed by atoms with E-state index >= 15 is 0 Å². The lowest BCUT2D eigenvalue weighted by Gasteiger charge is -2.07. The number of halogens is 1. The summed E-state index contributed by atoms with van der Waals surface area (Å²) in [6, 6.07) is 23.3. The number of hydrogen-bond acceptors (Lipinski definition) is 2. The Morgan fingerprint density at radius 3 is 2.57 bits per heavy atom. The largest absolute Gasteiger partial charge is 1.00 e. The van der Waals surface area contributed by atoms with Crippen LogP contribution in [0.1, 0.15) is 51.7 Å². The molecule has 0 unspecified atom stereocenters. The summed E-state index contributed by atoms with van der Waals surface area (Å²) in [5.74, 6) is -0.148. The number of nitrogens with zero attached hydrogens (tertiary/aromatic N) is 1. The van der Waals surface area contributed by atoms with E-state index in [4.69, 9.17) is 0 Å². The van der Waals surface area contributed by atoms with E-state index in [0.29, 0.717) is 16.8 Å². The molecule has 0 aliphatic carbocycles. The smallest absolute Gasteiger partial charge is 0.284 e. The number of aromatic nitrogens is 2. The van der Waals surface area contributed by atoms with E-state index in [0.717, 1.165) is 52.4 Å². The van der Waals surface area contributed by atoms with Crippen LogP contribution in [-0.4, -0.2) is 16.7 Å². The molecule has 2 aromatic heterocycles. The molecule has 3 heterocycles. The van der Waals surface area contributed by atoms with Gasteiger partial charge in [-0.05, 0) is 54.8 Å². The normalized spacial score (nSPS) is 11.9. The first-order chi connectivity index (χ1) is 16.6. The van der Waals surface area contributed by atoms with Gasteiger partial charge in [0.25, 0.3) is 17.4 Å². The maximum absolute atomic E-state index is 13.1. The SMILES string of the molecule is CCCCc1ccc(NC(=O)c2ccc3[nH]c4c5[n+](ccc4c3c2)-c2ccccc2C5=O)cc1.[Br-]. The minimum atomic E-state index is -0.156. The molecule has 0 saturated heterocycles. The summed E-state index contributed by atoms with van der Waals surface area (Å²) in [6.07, 6.45) is 5.31. The summed E-state index contributed by atoms with van der Waals surface area (Å²) in [5.41, 5.74) is 6.54. The molecular weight excluding hydrogens is 502 g/mol. The molecule has 6 rings (SSSR count). The molecule has 3 aromatic carbocycles. The van der Waals surface area contributed by atoms with Crippen LogP contribution in [-0.2, 0) is 6.42 Å². The number of para-hydroxylation sites is 1. The van der Waals surface area contributed by atoms with E-state index in [9.17, 15) is 9.59 Å². The van der Waals surface area contributed by atoms with Gasteiger partial charge in [0.1, 0.15) is 11.1 Å². The number of anilines is 1. The Kier molecular flexibility index (Phi) is 5.99. The van der Waals surface area contributed by atoms with E-state index in [2.05, 4.69) is 29.4 Å². The summed E-state index contributed by atoms with van der Waals surface area (Å²) < 4.78 is 1.94. The first kappa shape index (κ1) is 23.0. The average molecular weight is 526 g/mol. The van der Waals surface area contributed by atoms with Crippen molar-refractivity contribution in [3.63, 3.8) is 0 Å². The minimum Gasteiger partial charge on any atom is -1.00 e. The van der Waals surface area contributed by atoms with Crippen molar-refractivity contribution in [2.75, 3.05) is 5.32 Å². The van der Waals surface area contributed by atoms with Crippen molar-refractivity contribution in [3.8, 4) is 5.69 Å². The van der Waals surface area contributed by atoms with Crippen LogP contribution in [0.25, 0.3) is 27.5 Å². The van der Waals surface area contributed by atoms with Gasteiger partial charge < -0.3 is 27.3 Å². The molecule has 0 bridgehead atoms. The number of fused-ring (bicyclic) bond motifs is 7. The van der Waals surface area contributed by atoms with Gasteiger partial charge in [0.05, 0.1) is 0 Å². The number of unbranched alkanes of at least 4 members (excludes halogenated alkanes) is 1. The predicted molar refractivity (Wildman–Crippen MR) is 134 cm³/mol. The van der Waals surface area contributed by atoms with E-state index in [1.807, 2.05) is 71.4 Å². The van der Waals surface area contributed by atoms with Crippen LogP contribution in [0, 0.1) is 0 Å². The van der Waals surface area contributed by atoms with Gasteiger partial charge in [-0.1, -0.05) is 37.6 Å². The molecule has 0 fully saturated rings. The van der Waals surface area contributed by atoms with E-state index in [1.165, 1.54) is 5.56 Å². The van der Waals surface area contributed by atoms with Crippen molar-refractivity contribution in [3.05, 3.63) is 101 Å². The fourth-order valence-corrected chi connectivity index (χ4v) is 4.82. The van der Waals surface area contributed by atoms with Crippen molar-refractivity contribution >= 4 is 39.2 Å². The number of carbonyl (C=O) groups is 2. The van der Waals surface area contributed by atoms with Crippen LogP contribution in [0.4, 0.5) is 5.69 Å². The van der Waals surface area contributed by atoms with Crippen molar-refractivity contribution in [2.24, 2.45) is 0 Å². The third kappa shape index (κ3) is 3.84. The van der Waals surface area contributed by atoms with Crippen LogP contribution >= 0.6 is 0 Å². The number of ketones is 1. The van der Waals surface area contributed by atoms with Gasteiger partial charge >= 0.3 is 0 Å². The van der Waals surface area contributed by atoms with Gasteiger partial charge in [-0.2, -0.15) is 4.57 Å². The number of carbonyl (C=O) groups excluding carboxylic acids is 2. The highest BCUT2D eigenvalue weighted by atomic mass is 79.9. The molecular formula is C29H24BrN3O2. The number of pyridine rings is 1. The van der Waals surface area contributed by atoms with Gasteiger partial charge in [0, 0.05) is 39.7 Å². The first-order valence-corrected chi connectivity index (χ1v) is 11.7. The zero-order valence-corrected chi connectivity index (χ0v) is 20.9. The summed E-state index contributed by atoms with van der Waals surface area (Å²) >= 11 is 0. The predicted octanol–water partition coefficient (Wildman–Crippen LogP) is 2.74. The third-order valence-corrected chi connectivity index (χ3v) is 6.62. The van der Waals surface area contributed by atoms with Gasteiger partial charge in [-0.25, -0.2) is 0 Å². The summed E-state index contributed by atoms with van der Waals surface area (Å²) in [6.45, 7) is 2.18. The topological polar surface area (TPSA) is 65.8 Å². The Hall–Kier alpha value is -3.77. The monoisotopic (exact) mass is 525 g/mol. The fraction of sp³-hybridized carbons (Fsp3) is 0.138. The number of rotatable bonds is 5. The molecule has 35 heavy (non-hydrogen) atoms. The van der Waals surface area contributed by atoms with Crippen molar-refractivity contribution in [1.82, 2.24) is 4.98 Å². The molecule has 1 amide bonds. The maximum Gasteiger partial charge on any atom is 0.284 e.